The lowest BCUT2D eigenvalue weighted by molar-refractivity contribution is -0.120. The highest BCUT2D eigenvalue weighted by Gasteiger charge is 2.04. The Hall–Kier alpha value is -2.63. The first-order chi connectivity index (χ1) is 9.63. The summed E-state index contributed by atoms with van der Waals surface area (Å²) in [5, 5.41) is 2.75. The molecule has 1 amide bonds. The Balaban J connectivity index is 1.84. The molecule has 1 aromatic heterocycles. The number of H-pyrrole nitrogens is 2. The van der Waals surface area contributed by atoms with Gasteiger partial charge in [0, 0.05) is 18.3 Å². The molecule has 104 valence electrons. The molecule has 0 aliphatic carbocycles. The van der Waals surface area contributed by atoms with E-state index in [1.54, 1.807) is 0 Å². The number of rotatable bonds is 5. The molecule has 0 atom stereocenters. The molecule has 6 nitrogen and oxygen atoms in total. The number of carbonyl (C=O) groups is 1. The van der Waals surface area contributed by atoms with E-state index in [9.17, 15) is 14.4 Å². The Bertz CT molecular complexity index is 660. The van der Waals surface area contributed by atoms with E-state index < -0.39 is 11.2 Å². The molecule has 0 bridgehead atoms. The maximum atomic E-state index is 11.7. The third-order valence-corrected chi connectivity index (χ3v) is 2.75. The number of amides is 1. The van der Waals surface area contributed by atoms with Crippen LogP contribution in [0.15, 0.2) is 46.0 Å². The molecule has 0 radical (unpaired) electrons. The molecule has 0 aliphatic rings. The van der Waals surface area contributed by atoms with Gasteiger partial charge in [0.1, 0.15) is 0 Å². The molecule has 1 aromatic carbocycles. The molecule has 1 heterocycles. The van der Waals surface area contributed by atoms with E-state index in [1.807, 2.05) is 30.3 Å². The Labute approximate surface area is 114 Å². The van der Waals surface area contributed by atoms with Gasteiger partial charge in [0.2, 0.25) is 5.91 Å². The first kappa shape index (κ1) is 13.8. The summed E-state index contributed by atoms with van der Waals surface area (Å²) >= 11 is 0. The fourth-order valence-electron chi connectivity index (χ4n) is 1.84. The second-order valence-electron chi connectivity index (χ2n) is 4.38. The summed E-state index contributed by atoms with van der Waals surface area (Å²) in [6.45, 7) is 0.510. The van der Waals surface area contributed by atoms with Crippen molar-refractivity contribution in [3.8, 4) is 0 Å². The summed E-state index contributed by atoms with van der Waals surface area (Å²) in [5.74, 6) is -0.234. The maximum Gasteiger partial charge on any atom is 0.325 e. The zero-order valence-electron chi connectivity index (χ0n) is 10.8. The van der Waals surface area contributed by atoms with Crippen LogP contribution in [-0.2, 0) is 17.6 Å². The predicted octanol–water partition coefficient (Wildman–Crippen LogP) is -0.0354. The van der Waals surface area contributed by atoms with Gasteiger partial charge in [-0.1, -0.05) is 30.3 Å². The molecule has 0 unspecified atom stereocenters. The normalized spacial score (nSPS) is 10.2. The second kappa shape index (κ2) is 6.51. The Morgan fingerprint density at radius 1 is 1.10 bits per heavy atom. The quantitative estimate of drug-likeness (QED) is 0.713. The van der Waals surface area contributed by atoms with Crippen molar-refractivity contribution in [2.24, 2.45) is 0 Å². The van der Waals surface area contributed by atoms with Crippen molar-refractivity contribution in [2.45, 2.75) is 12.8 Å². The lowest BCUT2D eigenvalue weighted by Crippen LogP contribution is -2.30. The molecule has 0 spiro atoms. The summed E-state index contributed by atoms with van der Waals surface area (Å²) in [5.41, 5.74) is 0.318. The first-order valence-corrected chi connectivity index (χ1v) is 6.26. The second-order valence-corrected chi connectivity index (χ2v) is 4.38. The molecule has 0 saturated carbocycles. The smallest absolute Gasteiger partial charge is 0.325 e. The van der Waals surface area contributed by atoms with Crippen molar-refractivity contribution in [3.05, 3.63) is 68.5 Å². The average Bonchev–Trinajstić information content (AvgIpc) is 2.38. The highest BCUT2D eigenvalue weighted by molar-refractivity contribution is 5.78. The molecule has 6 heteroatoms. The monoisotopic (exact) mass is 273 g/mol. The van der Waals surface area contributed by atoms with Crippen LogP contribution in [0.5, 0.6) is 0 Å². The third-order valence-electron chi connectivity index (χ3n) is 2.75. The number of carbonyl (C=O) groups excluding carboxylic acids is 1. The summed E-state index contributed by atoms with van der Waals surface area (Å²) < 4.78 is 0. The van der Waals surface area contributed by atoms with E-state index in [1.165, 1.54) is 6.07 Å². The van der Waals surface area contributed by atoms with E-state index in [4.69, 9.17) is 0 Å². The summed E-state index contributed by atoms with van der Waals surface area (Å²) in [4.78, 5) is 38.3. The van der Waals surface area contributed by atoms with E-state index >= 15 is 0 Å². The topological polar surface area (TPSA) is 94.8 Å². The van der Waals surface area contributed by atoms with Gasteiger partial charge in [-0.2, -0.15) is 0 Å². The summed E-state index contributed by atoms with van der Waals surface area (Å²) in [6, 6.07) is 11.0. The van der Waals surface area contributed by atoms with Gasteiger partial charge in [-0.05, 0) is 12.0 Å². The standard InChI is InChI=1S/C14H15N3O3/c18-12(8-11-9-13(19)17-14(20)16-11)15-7-6-10-4-2-1-3-5-10/h1-5,9H,6-8H2,(H,15,18)(H2,16,17,19,20). The Kier molecular flexibility index (Phi) is 4.49. The molecule has 20 heavy (non-hydrogen) atoms. The van der Waals surface area contributed by atoms with E-state index in [0.29, 0.717) is 12.2 Å². The minimum absolute atomic E-state index is 0.0199. The lowest BCUT2D eigenvalue weighted by atomic mass is 10.1. The fourth-order valence-corrected chi connectivity index (χ4v) is 1.84. The molecule has 0 fully saturated rings. The van der Waals surface area contributed by atoms with Gasteiger partial charge >= 0.3 is 5.69 Å². The van der Waals surface area contributed by atoms with E-state index in [2.05, 4.69) is 15.3 Å². The molecule has 2 rings (SSSR count). The van der Waals surface area contributed by atoms with Crippen molar-refractivity contribution >= 4 is 5.91 Å². The van der Waals surface area contributed by atoms with Gasteiger partial charge in [0.25, 0.3) is 5.56 Å². The van der Waals surface area contributed by atoms with E-state index in [-0.39, 0.29) is 12.3 Å². The highest BCUT2D eigenvalue weighted by atomic mass is 16.2. The minimum atomic E-state index is -0.607. The van der Waals surface area contributed by atoms with E-state index in [0.717, 1.165) is 12.0 Å². The van der Waals surface area contributed by atoms with Crippen LogP contribution in [0.25, 0.3) is 0 Å². The van der Waals surface area contributed by atoms with Gasteiger partial charge in [0.15, 0.2) is 0 Å². The first-order valence-electron chi connectivity index (χ1n) is 6.26. The molecule has 0 saturated heterocycles. The van der Waals surface area contributed by atoms with Gasteiger partial charge < -0.3 is 10.3 Å². The molecular weight excluding hydrogens is 258 g/mol. The predicted molar refractivity (Wildman–Crippen MR) is 74.5 cm³/mol. The van der Waals surface area contributed by atoms with Crippen LogP contribution in [0.2, 0.25) is 0 Å². The third kappa shape index (κ3) is 4.24. The van der Waals surface area contributed by atoms with Gasteiger partial charge in [-0.25, -0.2) is 4.79 Å². The largest absolute Gasteiger partial charge is 0.355 e. The number of hydrogen-bond donors (Lipinski definition) is 3. The van der Waals surface area contributed by atoms with Crippen LogP contribution in [0.4, 0.5) is 0 Å². The molecule has 3 N–H and O–H groups in total. The zero-order valence-corrected chi connectivity index (χ0v) is 10.8. The van der Waals surface area contributed by atoms with Crippen LogP contribution < -0.4 is 16.6 Å². The van der Waals surface area contributed by atoms with Crippen LogP contribution >= 0.6 is 0 Å². The van der Waals surface area contributed by atoms with Gasteiger partial charge in [-0.15, -0.1) is 0 Å². The number of benzene rings is 1. The van der Waals surface area contributed by atoms with Crippen molar-refractivity contribution in [2.75, 3.05) is 6.54 Å². The van der Waals surface area contributed by atoms with Crippen LogP contribution in [0.1, 0.15) is 11.3 Å². The fraction of sp³-hybridized carbons (Fsp3) is 0.214. The SMILES string of the molecule is O=C(Cc1cc(=O)[nH]c(=O)[nH]1)NCCc1ccccc1. The number of aromatic amines is 2. The van der Waals surface area contributed by atoms with Gasteiger partial charge in [0.05, 0.1) is 6.42 Å². The number of hydrogen-bond acceptors (Lipinski definition) is 3. The van der Waals surface area contributed by atoms with Crippen molar-refractivity contribution in [1.29, 1.82) is 0 Å². The summed E-state index contributed by atoms with van der Waals surface area (Å²) in [6.07, 6.45) is 0.715. The Morgan fingerprint density at radius 2 is 1.85 bits per heavy atom. The van der Waals surface area contributed by atoms with Gasteiger partial charge in [-0.3, -0.25) is 14.6 Å². The summed E-state index contributed by atoms with van der Waals surface area (Å²) in [7, 11) is 0. The van der Waals surface area contributed by atoms with Crippen LogP contribution in [0.3, 0.4) is 0 Å². The molecule has 2 aromatic rings. The molecular formula is C14H15N3O3. The van der Waals surface area contributed by atoms with Crippen LogP contribution in [-0.4, -0.2) is 22.4 Å². The maximum absolute atomic E-state index is 11.7. The average molecular weight is 273 g/mol. The number of aromatic nitrogens is 2. The number of nitrogens with one attached hydrogen (secondary N) is 3. The lowest BCUT2D eigenvalue weighted by Gasteiger charge is -2.05. The Morgan fingerprint density at radius 3 is 2.55 bits per heavy atom. The molecule has 0 aliphatic heterocycles. The van der Waals surface area contributed by atoms with Crippen LogP contribution in [0, 0.1) is 0 Å². The minimum Gasteiger partial charge on any atom is -0.355 e. The van der Waals surface area contributed by atoms with Crippen molar-refractivity contribution in [3.63, 3.8) is 0 Å². The zero-order chi connectivity index (χ0) is 14.4. The van der Waals surface area contributed by atoms with Crippen molar-refractivity contribution in [1.82, 2.24) is 15.3 Å². The highest BCUT2D eigenvalue weighted by Crippen LogP contribution is 1.98. The van der Waals surface area contributed by atoms with Crippen molar-refractivity contribution < 1.29 is 4.79 Å².